The second-order valence-corrected chi connectivity index (χ2v) is 8.61. The summed E-state index contributed by atoms with van der Waals surface area (Å²) in [6.45, 7) is 12.0. The van der Waals surface area contributed by atoms with Crippen LogP contribution in [0.5, 0.6) is 11.5 Å². The standard InChI is InChI=1S/C25H30N6O2/c1-16(2)30-8-9-31(24-11-20(32)12-25(33)21(24)15-30)19-6-7-22(26-4)23(10-19)28-17(3)18-13-27-29(5)14-18/h6-7,10-14,16,32-33H,4,8-9,15H2,1-3,5H3/b28-17+. The third-order valence-corrected chi connectivity index (χ3v) is 6.03. The number of aromatic nitrogens is 2. The highest BCUT2D eigenvalue weighted by atomic mass is 16.3. The molecule has 0 saturated carbocycles. The van der Waals surface area contributed by atoms with E-state index < -0.39 is 0 Å². The predicted octanol–water partition coefficient (Wildman–Crippen LogP) is 4.67. The molecule has 0 radical (unpaired) electrons. The van der Waals surface area contributed by atoms with E-state index in [-0.39, 0.29) is 11.5 Å². The van der Waals surface area contributed by atoms with Gasteiger partial charge in [-0.3, -0.25) is 19.6 Å². The number of fused-ring (bicyclic) bond motifs is 1. The van der Waals surface area contributed by atoms with Gasteiger partial charge in [-0.25, -0.2) is 0 Å². The van der Waals surface area contributed by atoms with Crippen molar-refractivity contribution in [2.75, 3.05) is 18.0 Å². The zero-order valence-corrected chi connectivity index (χ0v) is 19.5. The lowest BCUT2D eigenvalue weighted by Gasteiger charge is -2.26. The molecule has 2 heterocycles. The summed E-state index contributed by atoms with van der Waals surface area (Å²) in [4.78, 5) is 13.4. The number of benzene rings is 2. The minimum atomic E-state index is 0.0318. The Labute approximate surface area is 194 Å². The fourth-order valence-corrected chi connectivity index (χ4v) is 4.13. The van der Waals surface area contributed by atoms with Crippen LogP contribution in [0.1, 0.15) is 31.9 Å². The van der Waals surface area contributed by atoms with Gasteiger partial charge < -0.3 is 15.1 Å². The smallest absolute Gasteiger partial charge is 0.125 e. The van der Waals surface area contributed by atoms with E-state index in [1.165, 1.54) is 6.07 Å². The molecule has 0 amide bonds. The van der Waals surface area contributed by atoms with Crippen LogP contribution in [-0.4, -0.2) is 56.5 Å². The molecule has 1 aromatic heterocycles. The molecular formula is C25H30N6O2. The van der Waals surface area contributed by atoms with Gasteiger partial charge in [0.1, 0.15) is 11.5 Å². The molecule has 33 heavy (non-hydrogen) atoms. The molecule has 8 nitrogen and oxygen atoms in total. The maximum absolute atomic E-state index is 10.6. The molecule has 0 atom stereocenters. The first-order valence-corrected chi connectivity index (χ1v) is 11.0. The average Bonchev–Trinajstić information content (AvgIpc) is 3.11. The summed E-state index contributed by atoms with van der Waals surface area (Å²) >= 11 is 0. The first-order valence-electron chi connectivity index (χ1n) is 11.0. The summed E-state index contributed by atoms with van der Waals surface area (Å²) < 4.78 is 1.74. The van der Waals surface area contributed by atoms with Gasteiger partial charge in [-0.15, -0.1) is 0 Å². The molecule has 8 heteroatoms. The monoisotopic (exact) mass is 446 g/mol. The third-order valence-electron chi connectivity index (χ3n) is 6.03. The first kappa shape index (κ1) is 22.5. The van der Waals surface area contributed by atoms with E-state index in [1.54, 1.807) is 16.9 Å². The molecule has 0 spiro atoms. The van der Waals surface area contributed by atoms with Crippen molar-refractivity contribution in [3.8, 4) is 11.5 Å². The van der Waals surface area contributed by atoms with Gasteiger partial charge in [0.15, 0.2) is 0 Å². The molecule has 172 valence electrons. The zero-order valence-electron chi connectivity index (χ0n) is 19.5. The highest BCUT2D eigenvalue weighted by molar-refractivity contribution is 6.00. The minimum absolute atomic E-state index is 0.0318. The van der Waals surface area contributed by atoms with Crippen LogP contribution in [-0.2, 0) is 13.6 Å². The normalized spacial score (nSPS) is 14.9. The first-order chi connectivity index (χ1) is 15.8. The highest BCUT2D eigenvalue weighted by Crippen LogP contribution is 2.42. The lowest BCUT2D eigenvalue weighted by molar-refractivity contribution is 0.221. The molecule has 0 saturated heterocycles. The molecule has 3 aromatic rings. The van der Waals surface area contributed by atoms with Crippen LogP contribution in [0.3, 0.4) is 0 Å². The maximum atomic E-state index is 10.6. The van der Waals surface area contributed by atoms with E-state index >= 15 is 0 Å². The van der Waals surface area contributed by atoms with Gasteiger partial charge in [0.05, 0.1) is 23.3 Å². The number of nitrogens with zero attached hydrogens (tertiary/aromatic N) is 6. The SMILES string of the molecule is C=Nc1ccc(N2CCN(C(C)C)Cc3c(O)cc(O)cc32)cc1/N=C(\C)c1cnn(C)c1. The fraction of sp³-hybridized carbons (Fsp3) is 0.320. The van der Waals surface area contributed by atoms with E-state index in [2.05, 4.69) is 40.5 Å². The van der Waals surface area contributed by atoms with Crippen molar-refractivity contribution in [1.29, 1.82) is 0 Å². The number of rotatable bonds is 5. The Balaban J connectivity index is 1.80. The van der Waals surface area contributed by atoms with Crippen molar-refractivity contribution in [3.63, 3.8) is 0 Å². The lowest BCUT2D eigenvalue weighted by Crippen LogP contribution is -2.34. The number of hydrogen-bond donors (Lipinski definition) is 2. The van der Waals surface area contributed by atoms with E-state index in [0.717, 1.165) is 34.8 Å². The number of aliphatic imine (C=N–C) groups is 2. The van der Waals surface area contributed by atoms with Crippen molar-refractivity contribution in [2.45, 2.75) is 33.4 Å². The largest absolute Gasteiger partial charge is 0.508 e. The number of aryl methyl sites for hydroxylation is 1. The Morgan fingerprint density at radius 3 is 2.58 bits per heavy atom. The van der Waals surface area contributed by atoms with Gasteiger partial charge in [-0.2, -0.15) is 5.10 Å². The van der Waals surface area contributed by atoms with Crippen molar-refractivity contribution in [2.24, 2.45) is 17.0 Å². The number of phenolic OH excluding ortho intramolecular Hbond substituents is 2. The van der Waals surface area contributed by atoms with E-state index in [4.69, 9.17) is 4.99 Å². The highest BCUT2D eigenvalue weighted by Gasteiger charge is 2.26. The van der Waals surface area contributed by atoms with Gasteiger partial charge in [0, 0.05) is 73.6 Å². The van der Waals surface area contributed by atoms with Crippen molar-refractivity contribution in [1.82, 2.24) is 14.7 Å². The molecule has 0 bridgehead atoms. The van der Waals surface area contributed by atoms with Crippen LogP contribution in [0.4, 0.5) is 22.7 Å². The van der Waals surface area contributed by atoms with Crippen LogP contribution >= 0.6 is 0 Å². The van der Waals surface area contributed by atoms with Gasteiger partial charge in [0.2, 0.25) is 0 Å². The number of phenols is 2. The Morgan fingerprint density at radius 2 is 1.91 bits per heavy atom. The predicted molar refractivity (Wildman–Crippen MR) is 133 cm³/mol. The van der Waals surface area contributed by atoms with E-state index in [9.17, 15) is 10.2 Å². The third kappa shape index (κ3) is 4.61. The van der Waals surface area contributed by atoms with Crippen molar-refractivity contribution in [3.05, 3.63) is 53.9 Å². The molecule has 0 aliphatic carbocycles. The molecule has 4 rings (SSSR count). The number of anilines is 2. The molecule has 0 fully saturated rings. The maximum Gasteiger partial charge on any atom is 0.125 e. The number of aromatic hydroxyl groups is 2. The molecule has 2 aromatic carbocycles. The average molecular weight is 447 g/mol. The van der Waals surface area contributed by atoms with Gasteiger partial charge in [0.25, 0.3) is 0 Å². The van der Waals surface area contributed by atoms with Crippen LogP contribution in [0.2, 0.25) is 0 Å². The fourth-order valence-electron chi connectivity index (χ4n) is 4.13. The van der Waals surface area contributed by atoms with Crippen LogP contribution in [0, 0.1) is 0 Å². The molecular weight excluding hydrogens is 416 g/mol. The molecule has 1 aliphatic rings. The van der Waals surface area contributed by atoms with Gasteiger partial charge in [-0.05, 0) is 45.7 Å². The Morgan fingerprint density at radius 1 is 1.12 bits per heavy atom. The van der Waals surface area contributed by atoms with Gasteiger partial charge in [-0.1, -0.05) is 0 Å². The summed E-state index contributed by atoms with van der Waals surface area (Å²) in [6.07, 6.45) is 3.70. The summed E-state index contributed by atoms with van der Waals surface area (Å²) in [5.41, 5.74) is 5.61. The second-order valence-electron chi connectivity index (χ2n) is 8.61. The van der Waals surface area contributed by atoms with E-state index in [1.807, 2.05) is 38.4 Å². The zero-order chi connectivity index (χ0) is 23.7. The van der Waals surface area contributed by atoms with Crippen LogP contribution in [0.15, 0.2) is 52.7 Å². The minimum Gasteiger partial charge on any atom is -0.508 e. The molecule has 2 N–H and O–H groups in total. The molecule has 1 aliphatic heterocycles. The summed E-state index contributed by atoms with van der Waals surface area (Å²) in [5, 5.41) is 25.1. The van der Waals surface area contributed by atoms with Gasteiger partial charge >= 0.3 is 0 Å². The quantitative estimate of drug-likeness (QED) is 0.556. The summed E-state index contributed by atoms with van der Waals surface area (Å²) in [6, 6.07) is 9.27. The summed E-state index contributed by atoms with van der Waals surface area (Å²) in [7, 11) is 1.87. The lowest BCUT2D eigenvalue weighted by atomic mass is 10.1. The van der Waals surface area contributed by atoms with Crippen LogP contribution in [0.25, 0.3) is 0 Å². The Kier molecular flexibility index (Phi) is 6.20. The van der Waals surface area contributed by atoms with Crippen molar-refractivity contribution >= 4 is 35.2 Å². The topological polar surface area (TPSA) is 89.5 Å². The molecule has 0 unspecified atom stereocenters. The second kappa shape index (κ2) is 9.07. The van der Waals surface area contributed by atoms with Crippen molar-refractivity contribution < 1.29 is 10.2 Å². The van der Waals surface area contributed by atoms with Crippen LogP contribution < -0.4 is 4.90 Å². The Bertz CT molecular complexity index is 1210. The summed E-state index contributed by atoms with van der Waals surface area (Å²) in [5.74, 6) is 0.127. The number of hydrogen-bond acceptors (Lipinski definition) is 7. The Hall–Kier alpha value is -3.65. The van der Waals surface area contributed by atoms with E-state index in [0.29, 0.717) is 30.5 Å².